The van der Waals surface area contributed by atoms with Crippen molar-refractivity contribution < 1.29 is 4.74 Å². The first kappa shape index (κ1) is 17.7. The van der Waals surface area contributed by atoms with Gasteiger partial charge in [0.15, 0.2) is 0 Å². The van der Waals surface area contributed by atoms with Crippen LogP contribution in [0.3, 0.4) is 0 Å². The van der Waals surface area contributed by atoms with Crippen LogP contribution in [0.25, 0.3) is 0 Å². The minimum absolute atomic E-state index is 0. The lowest BCUT2D eigenvalue weighted by molar-refractivity contribution is 0.153. The molecule has 1 aliphatic rings. The maximum absolute atomic E-state index is 5.45. The maximum Gasteiger partial charge on any atom is 0.122 e. The van der Waals surface area contributed by atoms with Crippen molar-refractivity contribution in [3.05, 3.63) is 59.4 Å². The number of methoxy groups -OCH3 is 1. The Morgan fingerprint density at radius 3 is 2.78 bits per heavy atom. The summed E-state index contributed by atoms with van der Waals surface area (Å²) in [6.07, 6.45) is 3.74. The molecule has 5 heteroatoms. The molecule has 124 valence electrons. The fraction of sp³-hybridized carbons (Fsp3) is 0.389. The van der Waals surface area contributed by atoms with E-state index in [1.165, 1.54) is 16.7 Å². The molecule has 0 radical (unpaired) electrons. The second-order valence-corrected chi connectivity index (χ2v) is 5.77. The fourth-order valence-corrected chi connectivity index (χ4v) is 3.05. The monoisotopic (exact) mass is 333 g/mol. The fourth-order valence-electron chi connectivity index (χ4n) is 3.05. The third-order valence-electron chi connectivity index (χ3n) is 4.30. The second-order valence-electron chi connectivity index (χ2n) is 5.77. The number of benzene rings is 1. The van der Waals surface area contributed by atoms with Gasteiger partial charge in [0.25, 0.3) is 0 Å². The molecule has 2 heterocycles. The normalized spacial score (nSPS) is 18.3. The van der Waals surface area contributed by atoms with Gasteiger partial charge >= 0.3 is 0 Å². The largest absolute Gasteiger partial charge is 0.496 e. The average Bonchev–Trinajstić information content (AvgIpc) is 2.58. The number of halogens is 1. The molecule has 0 aliphatic carbocycles. The van der Waals surface area contributed by atoms with Crippen molar-refractivity contribution in [2.24, 2.45) is 0 Å². The summed E-state index contributed by atoms with van der Waals surface area (Å²) in [5.41, 5.74) is 3.79. The number of hydrogen-bond donors (Lipinski definition) is 1. The van der Waals surface area contributed by atoms with E-state index in [9.17, 15) is 0 Å². The molecule has 1 aromatic heterocycles. The number of ether oxygens (including phenoxy) is 1. The van der Waals surface area contributed by atoms with Gasteiger partial charge in [0.05, 0.1) is 7.11 Å². The van der Waals surface area contributed by atoms with Crippen molar-refractivity contribution in [3.63, 3.8) is 0 Å². The Morgan fingerprint density at radius 2 is 2.04 bits per heavy atom. The molecule has 4 nitrogen and oxygen atoms in total. The summed E-state index contributed by atoms with van der Waals surface area (Å²) in [7, 11) is 1.73. The number of nitrogens with one attached hydrogen (secondary N) is 1. The molecule has 1 saturated heterocycles. The van der Waals surface area contributed by atoms with Gasteiger partial charge in [0.1, 0.15) is 5.75 Å². The molecule has 0 spiro atoms. The minimum atomic E-state index is 0. The molecule has 1 unspecified atom stereocenters. The van der Waals surface area contributed by atoms with Crippen molar-refractivity contribution in [1.29, 1.82) is 0 Å². The van der Waals surface area contributed by atoms with Crippen molar-refractivity contribution in [2.45, 2.75) is 19.5 Å². The highest BCUT2D eigenvalue weighted by atomic mass is 35.5. The van der Waals surface area contributed by atoms with Gasteiger partial charge in [0.2, 0.25) is 0 Å². The van der Waals surface area contributed by atoms with Gasteiger partial charge in [-0.1, -0.05) is 12.1 Å². The van der Waals surface area contributed by atoms with Crippen molar-refractivity contribution in [2.75, 3.05) is 26.7 Å². The molecule has 23 heavy (non-hydrogen) atoms. The molecular weight excluding hydrogens is 310 g/mol. The van der Waals surface area contributed by atoms with Gasteiger partial charge in [-0.15, -0.1) is 12.4 Å². The summed E-state index contributed by atoms with van der Waals surface area (Å²) >= 11 is 0. The van der Waals surface area contributed by atoms with Gasteiger partial charge in [-0.3, -0.25) is 9.88 Å². The number of nitrogens with zero attached hydrogens (tertiary/aromatic N) is 2. The minimum Gasteiger partial charge on any atom is -0.496 e. The van der Waals surface area contributed by atoms with E-state index in [-0.39, 0.29) is 12.4 Å². The Hall–Kier alpha value is -1.62. The smallest absolute Gasteiger partial charge is 0.122 e. The number of rotatable bonds is 4. The molecule has 3 rings (SSSR count). The van der Waals surface area contributed by atoms with Crippen LogP contribution in [-0.4, -0.2) is 36.6 Å². The lowest BCUT2D eigenvalue weighted by Crippen LogP contribution is -2.45. The van der Waals surface area contributed by atoms with E-state index in [4.69, 9.17) is 4.74 Å². The Bertz CT molecular complexity index is 621. The van der Waals surface area contributed by atoms with Gasteiger partial charge < -0.3 is 10.1 Å². The zero-order valence-corrected chi connectivity index (χ0v) is 14.5. The first-order valence-electron chi connectivity index (χ1n) is 7.76. The van der Waals surface area contributed by atoms with E-state index >= 15 is 0 Å². The van der Waals surface area contributed by atoms with Crippen LogP contribution in [0, 0.1) is 6.92 Å². The first-order valence-corrected chi connectivity index (χ1v) is 7.76. The van der Waals surface area contributed by atoms with E-state index in [2.05, 4.69) is 52.5 Å². The highest BCUT2D eigenvalue weighted by molar-refractivity contribution is 5.85. The maximum atomic E-state index is 5.45. The number of piperazine rings is 1. The van der Waals surface area contributed by atoms with Crippen molar-refractivity contribution in [1.82, 2.24) is 15.2 Å². The predicted molar refractivity (Wildman–Crippen MR) is 95.2 cm³/mol. The summed E-state index contributed by atoms with van der Waals surface area (Å²) in [4.78, 5) is 6.65. The predicted octanol–water partition coefficient (Wildman–Crippen LogP) is 2.97. The molecule has 1 aliphatic heterocycles. The van der Waals surface area contributed by atoms with Crippen LogP contribution in [0.4, 0.5) is 0 Å². The highest BCUT2D eigenvalue weighted by Crippen LogP contribution is 2.26. The molecule has 2 aromatic rings. The zero-order valence-electron chi connectivity index (χ0n) is 13.7. The van der Waals surface area contributed by atoms with Crippen LogP contribution in [0.5, 0.6) is 5.75 Å². The summed E-state index contributed by atoms with van der Waals surface area (Å²) in [6.45, 7) is 6.07. The van der Waals surface area contributed by atoms with Crippen LogP contribution in [0.2, 0.25) is 0 Å². The lowest BCUT2D eigenvalue weighted by Gasteiger charge is -2.36. The molecule has 1 N–H and O–H groups in total. The SMILES string of the molecule is COc1cc(CN2CCNCC2c2ccncc2)ccc1C.Cl. The van der Waals surface area contributed by atoms with Gasteiger partial charge in [-0.05, 0) is 41.8 Å². The van der Waals surface area contributed by atoms with E-state index in [0.717, 1.165) is 31.9 Å². The Morgan fingerprint density at radius 1 is 1.26 bits per heavy atom. The highest BCUT2D eigenvalue weighted by Gasteiger charge is 2.23. The Labute approximate surface area is 144 Å². The van der Waals surface area contributed by atoms with E-state index in [1.807, 2.05) is 12.4 Å². The average molecular weight is 334 g/mol. The molecule has 1 fully saturated rings. The van der Waals surface area contributed by atoms with E-state index in [0.29, 0.717) is 6.04 Å². The molecular formula is C18H24ClN3O. The van der Waals surface area contributed by atoms with Gasteiger partial charge in [0, 0.05) is 44.6 Å². The van der Waals surface area contributed by atoms with Crippen molar-refractivity contribution in [3.8, 4) is 5.75 Å². The second kappa shape index (κ2) is 8.29. The van der Waals surface area contributed by atoms with Crippen LogP contribution < -0.4 is 10.1 Å². The number of hydrogen-bond acceptors (Lipinski definition) is 4. The zero-order chi connectivity index (χ0) is 15.4. The molecule has 1 aromatic carbocycles. The van der Waals surface area contributed by atoms with Crippen LogP contribution >= 0.6 is 12.4 Å². The summed E-state index contributed by atoms with van der Waals surface area (Å²) in [6, 6.07) is 11.1. The quantitative estimate of drug-likeness (QED) is 0.933. The third-order valence-corrected chi connectivity index (χ3v) is 4.30. The van der Waals surface area contributed by atoms with Gasteiger partial charge in [-0.2, -0.15) is 0 Å². The van der Waals surface area contributed by atoms with Crippen LogP contribution in [-0.2, 0) is 6.54 Å². The van der Waals surface area contributed by atoms with Crippen LogP contribution in [0.1, 0.15) is 22.7 Å². The summed E-state index contributed by atoms with van der Waals surface area (Å²) in [5.74, 6) is 0.966. The molecule has 1 atom stereocenters. The summed E-state index contributed by atoms with van der Waals surface area (Å²) in [5, 5.41) is 3.49. The molecule has 0 saturated carbocycles. The number of pyridine rings is 1. The first-order chi connectivity index (χ1) is 10.8. The van der Waals surface area contributed by atoms with Gasteiger partial charge in [-0.25, -0.2) is 0 Å². The Kier molecular flexibility index (Phi) is 6.39. The standard InChI is InChI=1S/C18H23N3O.ClH/c1-14-3-4-15(11-18(14)22-2)13-21-10-9-20-12-17(21)16-5-7-19-8-6-16;/h3-8,11,17,20H,9-10,12-13H2,1-2H3;1H. The summed E-state index contributed by atoms with van der Waals surface area (Å²) < 4.78 is 5.45. The molecule has 0 amide bonds. The number of aromatic nitrogens is 1. The lowest BCUT2D eigenvalue weighted by atomic mass is 10.0. The van der Waals surface area contributed by atoms with E-state index in [1.54, 1.807) is 7.11 Å². The van der Waals surface area contributed by atoms with Crippen molar-refractivity contribution >= 4 is 12.4 Å². The third kappa shape index (κ3) is 4.22. The number of aryl methyl sites for hydroxylation is 1. The van der Waals surface area contributed by atoms with E-state index < -0.39 is 0 Å². The molecule has 0 bridgehead atoms. The van der Waals surface area contributed by atoms with Crippen LogP contribution in [0.15, 0.2) is 42.7 Å². The topological polar surface area (TPSA) is 37.4 Å². The Balaban J connectivity index is 0.00000192.